The van der Waals surface area contributed by atoms with Crippen molar-refractivity contribution in [1.29, 1.82) is 5.26 Å². The Kier molecular flexibility index (Phi) is 4.95. The molecule has 1 saturated heterocycles. The van der Waals surface area contributed by atoms with Crippen molar-refractivity contribution in [1.82, 2.24) is 10.2 Å². The van der Waals surface area contributed by atoms with Crippen molar-refractivity contribution in [2.24, 2.45) is 5.92 Å². The third kappa shape index (κ3) is 4.05. The van der Waals surface area contributed by atoms with E-state index < -0.39 is 0 Å². The smallest absolute Gasteiger partial charge is 0.0991 e. The fraction of sp³-hybridized carbons (Fsp3) is 0.562. The summed E-state index contributed by atoms with van der Waals surface area (Å²) < 4.78 is 0. The number of nitrogens with one attached hydrogen (secondary N) is 1. The van der Waals surface area contributed by atoms with Gasteiger partial charge in [-0.05, 0) is 69.1 Å². The lowest BCUT2D eigenvalue weighted by molar-refractivity contribution is 0.206. The standard InChI is InChI=1S/C16H23N3/c1-13-8-14(9-17)5-6-16(13)11-18-10-15-4-3-7-19(2)12-15/h5-6,8,15,18H,3-4,7,10-12H2,1-2H3. The van der Waals surface area contributed by atoms with Crippen LogP contribution < -0.4 is 5.32 Å². The van der Waals surface area contributed by atoms with Crippen molar-refractivity contribution in [2.75, 3.05) is 26.7 Å². The molecule has 1 aromatic carbocycles. The zero-order valence-corrected chi connectivity index (χ0v) is 11.9. The second-order valence-corrected chi connectivity index (χ2v) is 5.65. The van der Waals surface area contributed by atoms with E-state index in [1.807, 2.05) is 12.1 Å². The van der Waals surface area contributed by atoms with E-state index in [4.69, 9.17) is 5.26 Å². The van der Waals surface area contributed by atoms with Gasteiger partial charge >= 0.3 is 0 Å². The first kappa shape index (κ1) is 14.0. The quantitative estimate of drug-likeness (QED) is 0.899. The Balaban J connectivity index is 1.81. The number of hydrogen-bond acceptors (Lipinski definition) is 3. The molecular weight excluding hydrogens is 234 g/mol. The highest BCUT2D eigenvalue weighted by Gasteiger charge is 2.16. The fourth-order valence-corrected chi connectivity index (χ4v) is 2.81. The van der Waals surface area contributed by atoms with Gasteiger partial charge in [-0.2, -0.15) is 5.26 Å². The Morgan fingerprint density at radius 2 is 2.32 bits per heavy atom. The Labute approximate surface area is 116 Å². The highest BCUT2D eigenvalue weighted by molar-refractivity contribution is 5.37. The molecule has 1 fully saturated rings. The average Bonchev–Trinajstić information content (AvgIpc) is 2.40. The largest absolute Gasteiger partial charge is 0.312 e. The maximum absolute atomic E-state index is 8.85. The predicted octanol–water partition coefficient (Wildman–Crippen LogP) is 2.30. The molecule has 1 unspecified atom stereocenters. The lowest BCUT2D eigenvalue weighted by Crippen LogP contribution is -2.37. The van der Waals surface area contributed by atoms with Gasteiger partial charge in [0.25, 0.3) is 0 Å². The average molecular weight is 257 g/mol. The minimum absolute atomic E-state index is 0.746. The number of rotatable bonds is 4. The van der Waals surface area contributed by atoms with Crippen LogP contribution in [0.1, 0.15) is 29.5 Å². The molecule has 0 saturated carbocycles. The predicted molar refractivity (Wildman–Crippen MR) is 77.8 cm³/mol. The van der Waals surface area contributed by atoms with Gasteiger partial charge in [-0.3, -0.25) is 0 Å². The maximum Gasteiger partial charge on any atom is 0.0991 e. The van der Waals surface area contributed by atoms with Gasteiger partial charge in [0.2, 0.25) is 0 Å². The van der Waals surface area contributed by atoms with E-state index in [0.29, 0.717) is 0 Å². The van der Waals surface area contributed by atoms with Gasteiger partial charge in [-0.15, -0.1) is 0 Å². The molecule has 0 spiro atoms. The SMILES string of the molecule is Cc1cc(C#N)ccc1CNCC1CCCN(C)C1. The minimum Gasteiger partial charge on any atom is -0.312 e. The molecule has 1 aliphatic rings. The second kappa shape index (κ2) is 6.70. The Morgan fingerprint density at radius 1 is 1.47 bits per heavy atom. The molecule has 102 valence electrons. The first-order chi connectivity index (χ1) is 9.19. The van der Waals surface area contributed by atoms with Crippen LogP contribution in [0.2, 0.25) is 0 Å². The van der Waals surface area contributed by atoms with Crippen LogP contribution in [0.3, 0.4) is 0 Å². The van der Waals surface area contributed by atoms with Crippen LogP contribution in [0.5, 0.6) is 0 Å². The Hall–Kier alpha value is -1.37. The van der Waals surface area contributed by atoms with E-state index in [-0.39, 0.29) is 0 Å². The maximum atomic E-state index is 8.85. The summed E-state index contributed by atoms with van der Waals surface area (Å²) in [5, 5.41) is 12.4. The van der Waals surface area contributed by atoms with E-state index in [1.165, 1.54) is 37.1 Å². The van der Waals surface area contributed by atoms with Crippen molar-refractivity contribution < 1.29 is 0 Å². The van der Waals surface area contributed by atoms with E-state index in [1.54, 1.807) is 0 Å². The zero-order valence-electron chi connectivity index (χ0n) is 11.9. The second-order valence-electron chi connectivity index (χ2n) is 5.65. The Morgan fingerprint density at radius 3 is 3.00 bits per heavy atom. The summed E-state index contributed by atoms with van der Waals surface area (Å²) in [5.41, 5.74) is 3.24. The molecule has 3 nitrogen and oxygen atoms in total. The van der Waals surface area contributed by atoms with Crippen molar-refractivity contribution in [3.63, 3.8) is 0 Å². The van der Waals surface area contributed by atoms with Gasteiger partial charge in [0.1, 0.15) is 0 Å². The third-order valence-corrected chi connectivity index (χ3v) is 3.94. The highest BCUT2D eigenvalue weighted by Crippen LogP contribution is 2.15. The summed E-state index contributed by atoms with van der Waals surface area (Å²) in [6.07, 6.45) is 2.66. The first-order valence-electron chi connectivity index (χ1n) is 7.08. The summed E-state index contributed by atoms with van der Waals surface area (Å²) in [4.78, 5) is 2.42. The van der Waals surface area contributed by atoms with Gasteiger partial charge in [0.05, 0.1) is 11.6 Å². The molecule has 0 aromatic heterocycles. The van der Waals surface area contributed by atoms with E-state index in [9.17, 15) is 0 Å². The summed E-state index contributed by atoms with van der Waals surface area (Å²) >= 11 is 0. The molecule has 0 aliphatic carbocycles. The lowest BCUT2D eigenvalue weighted by Gasteiger charge is -2.29. The van der Waals surface area contributed by atoms with E-state index in [2.05, 4.69) is 36.3 Å². The van der Waals surface area contributed by atoms with Gasteiger partial charge in [0, 0.05) is 13.1 Å². The molecule has 2 rings (SSSR count). The number of piperidine rings is 1. The summed E-state index contributed by atoms with van der Waals surface area (Å²) in [5.74, 6) is 0.775. The number of hydrogen-bond donors (Lipinski definition) is 1. The van der Waals surface area contributed by atoms with Crippen LogP contribution in [0.4, 0.5) is 0 Å². The molecular formula is C16H23N3. The molecule has 1 N–H and O–H groups in total. The number of benzene rings is 1. The van der Waals surface area contributed by atoms with Crippen molar-refractivity contribution in [3.8, 4) is 6.07 Å². The van der Waals surface area contributed by atoms with Gasteiger partial charge in [-0.1, -0.05) is 6.07 Å². The van der Waals surface area contributed by atoms with Crippen LogP contribution >= 0.6 is 0 Å². The van der Waals surface area contributed by atoms with Crippen LogP contribution in [0, 0.1) is 24.2 Å². The minimum atomic E-state index is 0.746. The normalized spacial score (nSPS) is 20.2. The highest BCUT2D eigenvalue weighted by atomic mass is 15.1. The monoisotopic (exact) mass is 257 g/mol. The number of likely N-dealkylation sites (tertiary alicyclic amines) is 1. The zero-order chi connectivity index (χ0) is 13.7. The summed E-state index contributed by atoms with van der Waals surface area (Å²) in [6.45, 7) is 6.51. The number of aryl methyl sites for hydroxylation is 1. The lowest BCUT2D eigenvalue weighted by atomic mass is 9.98. The van der Waals surface area contributed by atoms with E-state index >= 15 is 0 Å². The summed E-state index contributed by atoms with van der Waals surface area (Å²) in [7, 11) is 2.21. The molecule has 0 bridgehead atoms. The van der Waals surface area contributed by atoms with Crippen molar-refractivity contribution in [2.45, 2.75) is 26.3 Å². The van der Waals surface area contributed by atoms with Crippen LogP contribution in [-0.4, -0.2) is 31.6 Å². The molecule has 0 amide bonds. The molecule has 1 aliphatic heterocycles. The molecule has 1 heterocycles. The first-order valence-corrected chi connectivity index (χ1v) is 7.08. The molecule has 1 aromatic rings. The summed E-state index contributed by atoms with van der Waals surface area (Å²) in [6, 6.07) is 8.11. The van der Waals surface area contributed by atoms with E-state index in [0.717, 1.165) is 24.6 Å². The van der Waals surface area contributed by atoms with Crippen molar-refractivity contribution in [3.05, 3.63) is 34.9 Å². The number of nitriles is 1. The number of nitrogens with zero attached hydrogens (tertiary/aromatic N) is 2. The fourth-order valence-electron chi connectivity index (χ4n) is 2.81. The van der Waals surface area contributed by atoms with Crippen molar-refractivity contribution >= 4 is 0 Å². The molecule has 3 heteroatoms. The van der Waals surface area contributed by atoms with Crippen LogP contribution in [0.25, 0.3) is 0 Å². The topological polar surface area (TPSA) is 39.1 Å². The third-order valence-electron chi connectivity index (χ3n) is 3.94. The molecule has 0 radical (unpaired) electrons. The van der Waals surface area contributed by atoms with Gasteiger partial charge in [0.15, 0.2) is 0 Å². The van der Waals surface area contributed by atoms with Crippen LogP contribution in [0.15, 0.2) is 18.2 Å². The molecule has 1 atom stereocenters. The Bertz CT molecular complexity index is 462. The van der Waals surface area contributed by atoms with Crippen LogP contribution in [-0.2, 0) is 6.54 Å². The van der Waals surface area contributed by atoms with Gasteiger partial charge in [-0.25, -0.2) is 0 Å². The van der Waals surface area contributed by atoms with Gasteiger partial charge < -0.3 is 10.2 Å². The molecule has 19 heavy (non-hydrogen) atoms.